The third-order valence-corrected chi connectivity index (χ3v) is 3.82. The van der Waals surface area contributed by atoms with Gasteiger partial charge in [-0.2, -0.15) is 0 Å². The molecule has 0 atom stereocenters. The zero-order chi connectivity index (χ0) is 19.6. The minimum atomic E-state index is -0.469. The van der Waals surface area contributed by atoms with Gasteiger partial charge >= 0.3 is 0 Å². The van der Waals surface area contributed by atoms with Gasteiger partial charge in [0.15, 0.2) is 11.5 Å². The molecule has 27 heavy (non-hydrogen) atoms. The van der Waals surface area contributed by atoms with Crippen LogP contribution >= 0.6 is 0 Å². The number of unbranched alkanes of at least 4 members (excludes halogenated alkanes) is 1. The lowest BCUT2D eigenvalue weighted by atomic mass is 10.2. The number of hydrogen-bond acceptors (Lipinski definition) is 5. The summed E-state index contributed by atoms with van der Waals surface area (Å²) in [5.41, 5.74) is 5.49. The molecule has 0 aliphatic heterocycles. The van der Waals surface area contributed by atoms with E-state index in [9.17, 15) is 9.59 Å². The molecule has 0 unspecified atom stereocenters. The molecule has 0 aromatic heterocycles. The molecule has 0 saturated heterocycles. The molecular weight excluding hydrogens is 348 g/mol. The highest BCUT2D eigenvalue weighted by Crippen LogP contribution is 2.27. The van der Waals surface area contributed by atoms with Crippen molar-refractivity contribution in [3.05, 3.63) is 53.6 Å². The van der Waals surface area contributed by atoms with Crippen molar-refractivity contribution in [2.45, 2.75) is 19.8 Å². The van der Waals surface area contributed by atoms with Gasteiger partial charge in [-0.05, 0) is 48.9 Å². The number of ether oxygens (including phenoxy) is 3. The molecule has 0 heterocycles. The molecular formula is C20H24N2O5. The Morgan fingerprint density at radius 3 is 2.04 bits per heavy atom. The molecule has 2 amide bonds. The van der Waals surface area contributed by atoms with E-state index in [-0.39, 0.29) is 0 Å². The summed E-state index contributed by atoms with van der Waals surface area (Å²) in [7, 11) is 2.99. The SMILES string of the molecule is CCCCOc1ccc(C(=O)NNC(=O)c2ccc(OC)c(OC)c2)cc1. The van der Waals surface area contributed by atoms with E-state index >= 15 is 0 Å². The van der Waals surface area contributed by atoms with Crippen LogP contribution in [0.4, 0.5) is 0 Å². The number of hydrazine groups is 1. The largest absolute Gasteiger partial charge is 0.494 e. The number of nitrogens with one attached hydrogen (secondary N) is 2. The Balaban J connectivity index is 1.92. The van der Waals surface area contributed by atoms with Crippen LogP contribution in [0.1, 0.15) is 40.5 Å². The highest BCUT2D eigenvalue weighted by atomic mass is 16.5. The van der Waals surface area contributed by atoms with Crippen LogP contribution in [0.15, 0.2) is 42.5 Å². The summed E-state index contributed by atoms with van der Waals surface area (Å²) in [6.07, 6.45) is 2.03. The van der Waals surface area contributed by atoms with Crippen molar-refractivity contribution in [1.29, 1.82) is 0 Å². The number of hydrogen-bond donors (Lipinski definition) is 2. The van der Waals surface area contributed by atoms with Gasteiger partial charge in [-0.1, -0.05) is 13.3 Å². The van der Waals surface area contributed by atoms with Crippen molar-refractivity contribution < 1.29 is 23.8 Å². The third-order valence-electron chi connectivity index (χ3n) is 3.82. The van der Waals surface area contributed by atoms with Crippen LogP contribution < -0.4 is 25.1 Å². The zero-order valence-corrected chi connectivity index (χ0v) is 15.7. The predicted molar refractivity (Wildman–Crippen MR) is 101 cm³/mol. The maximum atomic E-state index is 12.2. The smallest absolute Gasteiger partial charge is 0.269 e. The Kier molecular flexibility index (Phi) is 7.49. The van der Waals surface area contributed by atoms with E-state index in [0.29, 0.717) is 35.0 Å². The van der Waals surface area contributed by atoms with E-state index in [1.165, 1.54) is 20.3 Å². The number of carbonyl (C=O) groups is 2. The Hall–Kier alpha value is -3.22. The van der Waals surface area contributed by atoms with Crippen molar-refractivity contribution >= 4 is 11.8 Å². The van der Waals surface area contributed by atoms with Gasteiger partial charge in [0.1, 0.15) is 5.75 Å². The van der Waals surface area contributed by atoms with E-state index < -0.39 is 11.8 Å². The van der Waals surface area contributed by atoms with Gasteiger partial charge in [0, 0.05) is 11.1 Å². The molecule has 0 fully saturated rings. The highest BCUT2D eigenvalue weighted by molar-refractivity contribution is 5.99. The van der Waals surface area contributed by atoms with Crippen molar-refractivity contribution in [2.75, 3.05) is 20.8 Å². The van der Waals surface area contributed by atoms with Crippen LogP contribution in [0.5, 0.6) is 17.2 Å². The van der Waals surface area contributed by atoms with Gasteiger partial charge in [-0.25, -0.2) is 0 Å². The van der Waals surface area contributed by atoms with Gasteiger partial charge in [-0.3, -0.25) is 20.4 Å². The van der Waals surface area contributed by atoms with Crippen molar-refractivity contribution in [3.8, 4) is 17.2 Å². The number of methoxy groups -OCH3 is 2. The van der Waals surface area contributed by atoms with Crippen LogP contribution in [-0.2, 0) is 0 Å². The Morgan fingerprint density at radius 2 is 1.44 bits per heavy atom. The first kappa shape index (κ1) is 20.1. The number of benzene rings is 2. The minimum absolute atomic E-state index is 0.327. The maximum absolute atomic E-state index is 12.2. The lowest BCUT2D eigenvalue weighted by Gasteiger charge is -2.11. The van der Waals surface area contributed by atoms with E-state index in [4.69, 9.17) is 14.2 Å². The van der Waals surface area contributed by atoms with Crippen LogP contribution in [0.3, 0.4) is 0 Å². The molecule has 0 aliphatic carbocycles. The lowest BCUT2D eigenvalue weighted by Crippen LogP contribution is -2.41. The monoisotopic (exact) mass is 372 g/mol. The van der Waals surface area contributed by atoms with Crippen molar-refractivity contribution in [2.24, 2.45) is 0 Å². The summed E-state index contributed by atoms with van der Waals surface area (Å²) in [4.78, 5) is 24.4. The topological polar surface area (TPSA) is 85.9 Å². The van der Waals surface area contributed by atoms with E-state index in [2.05, 4.69) is 17.8 Å². The number of amides is 2. The van der Waals surface area contributed by atoms with Crippen LogP contribution in [0, 0.1) is 0 Å². The summed E-state index contributed by atoms with van der Waals surface area (Å²) < 4.78 is 15.8. The number of rotatable bonds is 8. The Morgan fingerprint density at radius 1 is 0.852 bits per heavy atom. The molecule has 0 radical (unpaired) electrons. The summed E-state index contributed by atoms with van der Waals surface area (Å²) in [6.45, 7) is 2.73. The molecule has 2 aromatic carbocycles. The van der Waals surface area contributed by atoms with Gasteiger partial charge < -0.3 is 14.2 Å². The standard InChI is InChI=1S/C20H24N2O5/c1-4-5-12-27-16-9-6-14(7-10-16)19(23)21-22-20(24)15-8-11-17(25-2)18(13-15)26-3/h6-11,13H,4-5,12H2,1-3H3,(H,21,23)(H,22,24). The van der Waals surface area contributed by atoms with Crippen molar-refractivity contribution in [1.82, 2.24) is 10.9 Å². The molecule has 144 valence electrons. The van der Waals surface area contributed by atoms with Gasteiger partial charge in [0.2, 0.25) is 0 Å². The molecule has 2 rings (SSSR count). The average Bonchev–Trinajstić information content (AvgIpc) is 2.71. The maximum Gasteiger partial charge on any atom is 0.269 e. The molecule has 0 spiro atoms. The van der Waals surface area contributed by atoms with E-state index in [1.54, 1.807) is 36.4 Å². The molecule has 2 aromatic rings. The summed E-state index contributed by atoms with van der Waals surface area (Å²) in [5, 5.41) is 0. The van der Waals surface area contributed by atoms with Gasteiger partial charge in [0.05, 0.1) is 20.8 Å². The third kappa shape index (κ3) is 5.64. The average molecular weight is 372 g/mol. The second-order valence-corrected chi connectivity index (χ2v) is 5.70. The molecule has 7 nitrogen and oxygen atoms in total. The van der Waals surface area contributed by atoms with Gasteiger partial charge in [0.25, 0.3) is 11.8 Å². The predicted octanol–water partition coefficient (Wildman–Crippen LogP) is 2.96. The normalized spacial score (nSPS) is 10.0. The second kappa shape index (κ2) is 10.1. The highest BCUT2D eigenvalue weighted by Gasteiger charge is 2.12. The zero-order valence-electron chi connectivity index (χ0n) is 15.7. The fourth-order valence-electron chi connectivity index (χ4n) is 2.27. The Labute approximate surface area is 158 Å². The van der Waals surface area contributed by atoms with E-state index in [0.717, 1.165) is 12.8 Å². The molecule has 0 aliphatic rings. The lowest BCUT2D eigenvalue weighted by molar-refractivity contribution is 0.0846. The number of carbonyl (C=O) groups excluding carboxylic acids is 2. The molecule has 0 saturated carbocycles. The molecule has 0 bridgehead atoms. The second-order valence-electron chi connectivity index (χ2n) is 5.70. The first-order valence-corrected chi connectivity index (χ1v) is 8.64. The summed E-state index contributed by atoms with van der Waals surface area (Å²) in [6, 6.07) is 11.4. The fourth-order valence-corrected chi connectivity index (χ4v) is 2.27. The molecule has 2 N–H and O–H groups in total. The summed E-state index contributed by atoms with van der Waals surface area (Å²) in [5.74, 6) is 0.747. The summed E-state index contributed by atoms with van der Waals surface area (Å²) >= 11 is 0. The Bertz CT molecular complexity index is 774. The van der Waals surface area contributed by atoms with Gasteiger partial charge in [-0.15, -0.1) is 0 Å². The van der Waals surface area contributed by atoms with Crippen LogP contribution in [0.2, 0.25) is 0 Å². The van der Waals surface area contributed by atoms with Crippen LogP contribution in [0.25, 0.3) is 0 Å². The minimum Gasteiger partial charge on any atom is -0.494 e. The van der Waals surface area contributed by atoms with Crippen molar-refractivity contribution in [3.63, 3.8) is 0 Å². The fraction of sp³-hybridized carbons (Fsp3) is 0.300. The van der Waals surface area contributed by atoms with E-state index in [1.807, 2.05) is 0 Å². The first-order valence-electron chi connectivity index (χ1n) is 8.64. The quantitative estimate of drug-likeness (QED) is 0.550. The molecule has 7 heteroatoms. The first-order chi connectivity index (χ1) is 13.1. The van der Waals surface area contributed by atoms with Crippen LogP contribution in [-0.4, -0.2) is 32.6 Å².